The van der Waals surface area contributed by atoms with E-state index in [-0.39, 0.29) is 6.04 Å². The van der Waals surface area contributed by atoms with E-state index >= 15 is 0 Å². The summed E-state index contributed by atoms with van der Waals surface area (Å²) in [6, 6.07) is 8.67. The van der Waals surface area contributed by atoms with E-state index in [9.17, 15) is 8.42 Å². The zero-order valence-electron chi connectivity index (χ0n) is 13.7. The first-order chi connectivity index (χ1) is 10.5. The van der Waals surface area contributed by atoms with Crippen LogP contribution in [0.2, 0.25) is 0 Å². The van der Waals surface area contributed by atoms with Crippen LogP contribution in [-0.4, -0.2) is 49.8 Å². The predicted molar refractivity (Wildman–Crippen MR) is 89.9 cm³/mol. The van der Waals surface area contributed by atoms with Crippen molar-refractivity contribution in [1.29, 1.82) is 0 Å². The molecule has 1 aromatic rings. The molecule has 2 rings (SSSR count). The Labute approximate surface area is 134 Å². The Bertz CT molecular complexity index is 585. The summed E-state index contributed by atoms with van der Waals surface area (Å²) in [6.07, 6.45) is 1.03. The maximum absolute atomic E-state index is 12.2. The van der Waals surface area contributed by atoms with Crippen molar-refractivity contribution in [1.82, 2.24) is 13.9 Å². The summed E-state index contributed by atoms with van der Waals surface area (Å²) in [5.74, 6) is 0. The molecule has 0 radical (unpaired) electrons. The second-order valence-corrected chi connectivity index (χ2v) is 7.53. The number of hydrogen-bond donors (Lipinski definition) is 1. The summed E-state index contributed by atoms with van der Waals surface area (Å²) in [7, 11) is -3.36. The van der Waals surface area contributed by atoms with E-state index in [2.05, 4.69) is 40.8 Å². The normalized spacial score (nSPS) is 17.5. The minimum absolute atomic E-state index is 0.179. The fourth-order valence-electron chi connectivity index (χ4n) is 2.90. The third kappa shape index (κ3) is 4.07. The Balaban J connectivity index is 1.92. The molecule has 5 nitrogen and oxygen atoms in total. The van der Waals surface area contributed by atoms with Gasteiger partial charge in [0, 0.05) is 38.8 Å². The lowest BCUT2D eigenvalue weighted by molar-refractivity contribution is 0.191. The van der Waals surface area contributed by atoms with Crippen LogP contribution in [0.15, 0.2) is 24.3 Å². The van der Waals surface area contributed by atoms with Crippen LogP contribution in [-0.2, 0) is 23.2 Å². The van der Waals surface area contributed by atoms with Crippen molar-refractivity contribution in [2.45, 2.75) is 39.8 Å². The fraction of sp³-hybridized carbons (Fsp3) is 0.625. The standard InChI is InChI=1S/C16H27N3O2S/c1-4-19(5-2)22(20,21)17-12-14(3)18-11-10-15-8-6-7-9-16(15)13-18/h6-9,14,17H,4-5,10-13H2,1-3H3. The SMILES string of the molecule is CCN(CC)S(=O)(=O)NCC(C)N1CCc2ccccc2C1. The van der Waals surface area contributed by atoms with E-state index in [4.69, 9.17) is 0 Å². The molecule has 0 saturated heterocycles. The maximum atomic E-state index is 12.2. The van der Waals surface area contributed by atoms with Gasteiger partial charge in [0.2, 0.25) is 0 Å². The molecule has 1 aliphatic heterocycles. The highest BCUT2D eigenvalue weighted by Crippen LogP contribution is 2.20. The highest BCUT2D eigenvalue weighted by molar-refractivity contribution is 7.87. The second kappa shape index (κ2) is 7.55. The first-order valence-electron chi connectivity index (χ1n) is 8.03. The lowest BCUT2D eigenvalue weighted by atomic mass is 9.99. The van der Waals surface area contributed by atoms with Crippen LogP contribution in [0, 0.1) is 0 Å². The number of rotatable bonds is 7. The Morgan fingerprint density at radius 2 is 1.86 bits per heavy atom. The van der Waals surface area contributed by atoms with Crippen LogP contribution >= 0.6 is 0 Å². The number of hydrogen-bond acceptors (Lipinski definition) is 3. The van der Waals surface area contributed by atoms with Crippen LogP contribution in [0.1, 0.15) is 31.9 Å². The van der Waals surface area contributed by atoms with Gasteiger partial charge in [-0.3, -0.25) is 4.90 Å². The predicted octanol–water partition coefficient (Wildman–Crippen LogP) is 1.61. The van der Waals surface area contributed by atoms with Crippen molar-refractivity contribution in [3.05, 3.63) is 35.4 Å². The highest BCUT2D eigenvalue weighted by atomic mass is 32.2. The van der Waals surface area contributed by atoms with Gasteiger partial charge in [0.1, 0.15) is 0 Å². The summed E-state index contributed by atoms with van der Waals surface area (Å²) >= 11 is 0. The van der Waals surface area contributed by atoms with Gasteiger partial charge in [0.25, 0.3) is 10.2 Å². The number of benzene rings is 1. The molecule has 1 atom stereocenters. The van der Waals surface area contributed by atoms with Crippen molar-refractivity contribution < 1.29 is 8.42 Å². The van der Waals surface area contributed by atoms with Gasteiger partial charge in [-0.15, -0.1) is 0 Å². The van der Waals surface area contributed by atoms with Crippen LogP contribution in [0.5, 0.6) is 0 Å². The van der Waals surface area contributed by atoms with Gasteiger partial charge >= 0.3 is 0 Å². The van der Waals surface area contributed by atoms with E-state index in [1.54, 1.807) is 0 Å². The van der Waals surface area contributed by atoms with E-state index in [0.717, 1.165) is 19.5 Å². The molecule has 0 saturated carbocycles. The third-order valence-electron chi connectivity index (χ3n) is 4.39. The smallest absolute Gasteiger partial charge is 0.279 e. The molecule has 0 amide bonds. The molecule has 0 bridgehead atoms. The largest absolute Gasteiger partial charge is 0.295 e. The molecule has 0 fully saturated rings. The van der Waals surface area contributed by atoms with Gasteiger partial charge in [0.05, 0.1) is 0 Å². The van der Waals surface area contributed by atoms with Crippen molar-refractivity contribution in [2.75, 3.05) is 26.2 Å². The summed E-state index contributed by atoms with van der Waals surface area (Å²) in [5, 5.41) is 0. The quantitative estimate of drug-likeness (QED) is 0.829. The Kier molecular flexibility index (Phi) is 5.97. The molecule has 6 heteroatoms. The van der Waals surface area contributed by atoms with Crippen molar-refractivity contribution in [2.24, 2.45) is 0 Å². The maximum Gasteiger partial charge on any atom is 0.279 e. The number of nitrogens with zero attached hydrogens (tertiary/aromatic N) is 2. The van der Waals surface area contributed by atoms with Gasteiger partial charge in [0.15, 0.2) is 0 Å². The summed E-state index contributed by atoms with van der Waals surface area (Å²) in [5.41, 5.74) is 2.77. The average Bonchev–Trinajstić information content (AvgIpc) is 2.53. The third-order valence-corrected chi connectivity index (χ3v) is 6.12. The van der Waals surface area contributed by atoms with Gasteiger partial charge in [-0.1, -0.05) is 38.1 Å². The monoisotopic (exact) mass is 325 g/mol. The Morgan fingerprint density at radius 3 is 2.50 bits per heavy atom. The summed E-state index contributed by atoms with van der Waals surface area (Å²) in [4.78, 5) is 2.34. The zero-order valence-corrected chi connectivity index (χ0v) is 14.6. The molecule has 124 valence electrons. The molecule has 0 spiro atoms. The van der Waals surface area contributed by atoms with Crippen molar-refractivity contribution in [3.63, 3.8) is 0 Å². The Morgan fingerprint density at radius 1 is 1.23 bits per heavy atom. The first-order valence-corrected chi connectivity index (χ1v) is 9.47. The van der Waals surface area contributed by atoms with E-state index in [0.29, 0.717) is 19.6 Å². The average molecular weight is 325 g/mol. The summed E-state index contributed by atoms with van der Waals surface area (Å²) in [6.45, 7) is 9.10. The van der Waals surface area contributed by atoms with Crippen molar-refractivity contribution in [3.8, 4) is 0 Å². The van der Waals surface area contributed by atoms with Crippen LogP contribution in [0.3, 0.4) is 0 Å². The van der Waals surface area contributed by atoms with E-state index in [1.807, 2.05) is 13.8 Å². The lowest BCUT2D eigenvalue weighted by Crippen LogP contribution is -2.48. The molecular formula is C16H27N3O2S. The molecule has 22 heavy (non-hydrogen) atoms. The zero-order chi connectivity index (χ0) is 16.2. The highest BCUT2D eigenvalue weighted by Gasteiger charge is 2.23. The van der Waals surface area contributed by atoms with Crippen LogP contribution in [0.4, 0.5) is 0 Å². The topological polar surface area (TPSA) is 52.7 Å². The molecule has 0 aliphatic carbocycles. The lowest BCUT2D eigenvalue weighted by Gasteiger charge is -2.34. The molecule has 0 aromatic heterocycles. The molecule has 1 unspecified atom stereocenters. The minimum Gasteiger partial charge on any atom is -0.295 e. The fourth-order valence-corrected chi connectivity index (χ4v) is 4.22. The van der Waals surface area contributed by atoms with Crippen LogP contribution in [0.25, 0.3) is 0 Å². The Hall–Kier alpha value is -0.950. The van der Waals surface area contributed by atoms with Gasteiger partial charge in [-0.25, -0.2) is 4.72 Å². The molecule has 1 aromatic carbocycles. The first kappa shape index (κ1) is 17.4. The van der Waals surface area contributed by atoms with Crippen LogP contribution < -0.4 is 4.72 Å². The molecule has 1 aliphatic rings. The molecule has 1 heterocycles. The number of nitrogens with one attached hydrogen (secondary N) is 1. The van der Waals surface area contributed by atoms with Gasteiger partial charge in [-0.05, 0) is 24.5 Å². The van der Waals surface area contributed by atoms with Crippen molar-refractivity contribution >= 4 is 10.2 Å². The van der Waals surface area contributed by atoms with E-state index < -0.39 is 10.2 Å². The second-order valence-electron chi connectivity index (χ2n) is 5.78. The number of fused-ring (bicyclic) bond motifs is 1. The minimum atomic E-state index is -3.36. The molecular weight excluding hydrogens is 298 g/mol. The molecule has 1 N–H and O–H groups in total. The van der Waals surface area contributed by atoms with Gasteiger partial charge in [-0.2, -0.15) is 12.7 Å². The van der Waals surface area contributed by atoms with Gasteiger partial charge < -0.3 is 0 Å². The summed E-state index contributed by atoms with van der Waals surface area (Å²) < 4.78 is 28.5. The van der Waals surface area contributed by atoms with E-state index in [1.165, 1.54) is 15.4 Å².